The van der Waals surface area contributed by atoms with Crippen LogP contribution in [-0.2, 0) is 20.8 Å². The van der Waals surface area contributed by atoms with Crippen molar-refractivity contribution in [2.75, 3.05) is 28.4 Å². The van der Waals surface area contributed by atoms with Crippen LogP contribution < -0.4 is 24.7 Å². The number of carbonyl (C=O) groups excluding carboxylic acids is 2. The van der Waals surface area contributed by atoms with Gasteiger partial charge in [0.1, 0.15) is 39.6 Å². The fourth-order valence-corrected chi connectivity index (χ4v) is 10.6. The molecule has 8 aromatic carbocycles. The number of carbonyl (C=O) groups is 2. The molecule has 10 heteroatoms. The van der Waals surface area contributed by atoms with Gasteiger partial charge in [-0.25, -0.2) is 0 Å². The summed E-state index contributed by atoms with van der Waals surface area (Å²) >= 11 is 0. The lowest BCUT2D eigenvalue weighted by Crippen LogP contribution is -2.62. The molecule has 0 aliphatic heterocycles. The standard InChI is InChI=1S/C58H54N2O8/c1-65-48-32-13-9-28-44(48)57(63,45-29-10-14-33-49(45)66-2)52(42-26-17-22-38-20-5-7-24-40(38)42)60(55(62)56(54(59)61)36-19-37-56)53(43-27-18-23-39-21-6-8-25-41(39)43)58(64,46-30-11-15-34-50(46)67-3)47-31-12-16-35-51(47)68-4/h5-18,20-35,52-53,63-64H,19,36-37H2,1-4H3,(H2,59,61)/t52-,53-/m0/s1. The lowest BCUT2D eigenvalue weighted by Gasteiger charge is -2.54. The number of para-hydroxylation sites is 4. The van der Waals surface area contributed by atoms with Crippen molar-refractivity contribution in [3.63, 3.8) is 0 Å². The number of primary amides is 1. The molecule has 0 unspecified atom stereocenters. The summed E-state index contributed by atoms with van der Waals surface area (Å²) < 4.78 is 24.6. The van der Waals surface area contributed by atoms with E-state index >= 15 is 4.79 Å². The molecule has 0 saturated heterocycles. The minimum Gasteiger partial charge on any atom is -0.496 e. The van der Waals surface area contributed by atoms with E-state index in [1.165, 1.54) is 28.4 Å². The van der Waals surface area contributed by atoms with E-state index in [4.69, 9.17) is 24.7 Å². The molecular weight excluding hydrogens is 853 g/mol. The fraction of sp³-hybridized carbons (Fsp3) is 0.207. The van der Waals surface area contributed by atoms with Crippen molar-refractivity contribution < 1.29 is 38.7 Å². The third-order valence-corrected chi connectivity index (χ3v) is 14.0. The molecule has 1 aliphatic rings. The Labute approximate surface area is 396 Å². The summed E-state index contributed by atoms with van der Waals surface area (Å²) in [5.74, 6) is -0.296. The summed E-state index contributed by atoms with van der Waals surface area (Å²) in [6.45, 7) is 0. The lowest BCUT2D eigenvalue weighted by molar-refractivity contribution is -0.173. The number of nitrogens with zero attached hydrogens (tertiary/aromatic N) is 1. The van der Waals surface area contributed by atoms with Crippen LogP contribution in [0.1, 0.15) is 64.7 Å². The van der Waals surface area contributed by atoms with Gasteiger partial charge in [-0.3, -0.25) is 9.59 Å². The molecule has 1 fully saturated rings. The first-order valence-corrected chi connectivity index (χ1v) is 22.6. The van der Waals surface area contributed by atoms with Gasteiger partial charge in [0.05, 0.1) is 40.5 Å². The molecule has 0 heterocycles. The van der Waals surface area contributed by atoms with Crippen molar-refractivity contribution in [1.29, 1.82) is 0 Å². The van der Waals surface area contributed by atoms with Crippen molar-refractivity contribution in [3.8, 4) is 23.0 Å². The third kappa shape index (κ3) is 7.28. The van der Waals surface area contributed by atoms with Gasteiger partial charge in [-0.1, -0.05) is 164 Å². The Morgan fingerprint density at radius 1 is 0.485 bits per heavy atom. The first-order valence-electron chi connectivity index (χ1n) is 22.6. The Hall–Kier alpha value is -7.66. The number of amides is 2. The minimum absolute atomic E-state index is 0.131. The van der Waals surface area contributed by atoms with E-state index < -0.39 is 40.5 Å². The van der Waals surface area contributed by atoms with E-state index in [0.717, 1.165) is 10.8 Å². The van der Waals surface area contributed by atoms with Crippen LogP contribution >= 0.6 is 0 Å². The summed E-state index contributed by atoms with van der Waals surface area (Å²) in [4.78, 5) is 33.0. The van der Waals surface area contributed by atoms with E-state index in [9.17, 15) is 15.0 Å². The maximum atomic E-state index is 17.1. The highest BCUT2D eigenvalue weighted by Crippen LogP contribution is 2.60. The van der Waals surface area contributed by atoms with Crippen molar-refractivity contribution in [2.45, 2.75) is 42.5 Å². The molecule has 1 saturated carbocycles. The maximum Gasteiger partial charge on any atom is 0.239 e. The van der Waals surface area contributed by atoms with Crippen LogP contribution in [0.15, 0.2) is 182 Å². The van der Waals surface area contributed by atoms with Gasteiger partial charge in [0.15, 0.2) is 0 Å². The van der Waals surface area contributed by atoms with Gasteiger partial charge in [-0.05, 0) is 69.8 Å². The molecule has 8 aromatic rings. The molecule has 344 valence electrons. The van der Waals surface area contributed by atoms with E-state index in [0.29, 0.717) is 51.3 Å². The van der Waals surface area contributed by atoms with E-state index in [1.54, 1.807) is 102 Å². The number of fused-ring (bicyclic) bond motifs is 2. The minimum atomic E-state index is -2.33. The first-order chi connectivity index (χ1) is 33.1. The van der Waals surface area contributed by atoms with Crippen molar-refractivity contribution >= 4 is 33.4 Å². The van der Waals surface area contributed by atoms with Gasteiger partial charge in [0.2, 0.25) is 11.8 Å². The van der Waals surface area contributed by atoms with Crippen LogP contribution in [0.25, 0.3) is 21.5 Å². The molecule has 1 aliphatic carbocycles. The molecule has 2 atom stereocenters. The van der Waals surface area contributed by atoms with Gasteiger partial charge in [0, 0.05) is 22.3 Å². The normalized spacial score (nSPS) is 14.3. The number of benzene rings is 8. The van der Waals surface area contributed by atoms with Crippen LogP contribution in [0, 0.1) is 5.41 Å². The quantitative estimate of drug-likeness (QED) is 0.0815. The Kier molecular flexibility index (Phi) is 12.4. The molecule has 0 spiro atoms. The van der Waals surface area contributed by atoms with Gasteiger partial charge in [-0.15, -0.1) is 0 Å². The molecule has 0 bridgehead atoms. The van der Waals surface area contributed by atoms with E-state index in [2.05, 4.69) is 0 Å². The van der Waals surface area contributed by atoms with Crippen LogP contribution in [0.2, 0.25) is 0 Å². The predicted molar refractivity (Wildman–Crippen MR) is 264 cm³/mol. The molecule has 4 N–H and O–H groups in total. The topological polar surface area (TPSA) is 141 Å². The number of nitrogens with two attached hydrogens (primary N) is 1. The Bertz CT molecular complexity index is 2850. The molecule has 0 radical (unpaired) electrons. The summed E-state index contributed by atoms with van der Waals surface area (Å²) in [6, 6.07) is 52.3. The van der Waals surface area contributed by atoms with Crippen LogP contribution in [0.3, 0.4) is 0 Å². The number of aliphatic hydroxyl groups is 2. The summed E-state index contributed by atoms with van der Waals surface area (Å²) in [6.07, 6.45) is 0.796. The Morgan fingerprint density at radius 2 is 0.794 bits per heavy atom. The second-order valence-electron chi connectivity index (χ2n) is 17.3. The molecular formula is C58H54N2O8. The molecule has 9 rings (SSSR count). The van der Waals surface area contributed by atoms with Crippen LogP contribution in [0.4, 0.5) is 0 Å². The second-order valence-corrected chi connectivity index (χ2v) is 17.3. The molecule has 10 nitrogen and oxygen atoms in total. The SMILES string of the molecule is COc1ccccc1C(O)(c1ccccc1OC)[C@H](c1cccc2ccccc12)N(C(=O)C1(C(N)=O)CCC1)[C@@H](c1cccc2ccccc12)C(O)(c1ccccc1OC)c1ccccc1OC. The number of hydrogen-bond donors (Lipinski definition) is 3. The average molecular weight is 907 g/mol. The highest BCUT2D eigenvalue weighted by atomic mass is 16.5. The van der Waals surface area contributed by atoms with Crippen molar-refractivity contribution in [3.05, 3.63) is 215 Å². The second kappa shape index (κ2) is 18.6. The number of hydrogen-bond acceptors (Lipinski definition) is 8. The summed E-state index contributed by atoms with van der Waals surface area (Å²) in [5.41, 5.74) is 2.15. The number of methoxy groups -OCH3 is 4. The Balaban J connectivity index is 1.58. The largest absolute Gasteiger partial charge is 0.496 e. The fourth-order valence-electron chi connectivity index (χ4n) is 10.6. The van der Waals surface area contributed by atoms with Crippen LogP contribution in [-0.4, -0.2) is 55.4 Å². The van der Waals surface area contributed by atoms with Gasteiger partial charge in [0.25, 0.3) is 0 Å². The van der Waals surface area contributed by atoms with Crippen LogP contribution in [0.5, 0.6) is 23.0 Å². The average Bonchev–Trinajstić information content (AvgIpc) is 3.37. The third-order valence-electron chi connectivity index (χ3n) is 14.0. The van der Waals surface area contributed by atoms with E-state index in [1.807, 2.05) is 84.9 Å². The van der Waals surface area contributed by atoms with Gasteiger partial charge >= 0.3 is 0 Å². The van der Waals surface area contributed by atoms with Crippen molar-refractivity contribution in [2.24, 2.45) is 11.1 Å². The summed E-state index contributed by atoms with van der Waals surface area (Å²) in [5, 5.41) is 33.0. The lowest BCUT2D eigenvalue weighted by atomic mass is 9.64. The molecule has 2 amide bonds. The predicted octanol–water partition coefficient (Wildman–Crippen LogP) is 10.2. The molecule has 68 heavy (non-hydrogen) atoms. The van der Waals surface area contributed by atoms with Crippen molar-refractivity contribution in [1.82, 2.24) is 4.90 Å². The van der Waals surface area contributed by atoms with Gasteiger partial charge in [-0.2, -0.15) is 0 Å². The highest BCUT2D eigenvalue weighted by molar-refractivity contribution is 6.06. The van der Waals surface area contributed by atoms with E-state index in [-0.39, 0.29) is 35.1 Å². The monoisotopic (exact) mass is 906 g/mol. The summed E-state index contributed by atoms with van der Waals surface area (Å²) in [7, 11) is 6.09. The van der Waals surface area contributed by atoms with Gasteiger partial charge < -0.3 is 39.8 Å². The highest BCUT2D eigenvalue weighted by Gasteiger charge is 2.62. The first kappa shape index (κ1) is 45.5. The Morgan fingerprint density at radius 3 is 1.10 bits per heavy atom. The smallest absolute Gasteiger partial charge is 0.239 e. The number of rotatable bonds is 16. The zero-order valence-electron chi connectivity index (χ0n) is 38.5. The maximum absolute atomic E-state index is 17.1. The molecule has 0 aromatic heterocycles. The number of ether oxygens (including phenoxy) is 4. The zero-order valence-corrected chi connectivity index (χ0v) is 38.5. The zero-order chi connectivity index (χ0) is 47.6.